The molecule has 0 saturated carbocycles. The summed E-state index contributed by atoms with van der Waals surface area (Å²) < 4.78 is 5.02. The van der Waals surface area contributed by atoms with Gasteiger partial charge < -0.3 is 4.74 Å². The van der Waals surface area contributed by atoms with Crippen molar-refractivity contribution in [3.8, 4) is 0 Å². The summed E-state index contributed by atoms with van der Waals surface area (Å²) in [7, 11) is 0. The summed E-state index contributed by atoms with van der Waals surface area (Å²) in [5.74, 6) is -0.0686. The van der Waals surface area contributed by atoms with Crippen molar-refractivity contribution >= 4 is 5.97 Å². The lowest BCUT2D eigenvalue weighted by atomic mass is 10.1. The molecule has 102 valence electrons. The third-order valence-corrected chi connectivity index (χ3v) is 3.05. The molecule has 0 heterocycles. The Morgan fingerprint density at radius 3 is 1.71 bits per heavy atom. The van der Waals surface area contributed by atoms with Gasteiger partial charge in [0.15, 0.2) is 0 Å². The van der Waals surface area contributed by atoms with Crippen molar-refractivity contribution in [3.63, 3.8) is 0 Å². The van der Waals surface area contributed by atoms with Gasteiger partial charge in [0.25, 0.3) is 0 Å². The number of carbonyl (C=O) groups excluding carboxylic acids is 1. The second-order valence-corrected chi connectivity index (χ2v) is 4.76. The summed E-state index contributed by atoms with van der Waals surface area (Å²) in [6.07, 6.45) is 13.7. The number of rotatable bonds is 12. The Morgan fingerprint density at radius 2 is 1.24 bits per heavy atom. The standard InChI is InChI=1S/C15H30O2/c1-3-5-6-7-8-9-10-11-12-13-14-17-15(16)4-2/h3-14H2,1-2H3. The molecule has 0 saturated heterocycles. The van der Waals surface area contributed by atoms with Gasteiger partial charge in [-0.25, -0.2) is 0 Å². The average molecular weight is 242 g/mol. The second kappa shape index (κ2) is 13.5. The van der Waals surface area contributed by atoms with Gasteiger partial charge in [-0.05, 0) is 6.42 Å². The van der Waals surface area contributed by atoms with Gasteiger partial charge >= 0.3 is 5.97 Å². The van der Waals surface area contributed by atoms with Crippen LogP contribution in [0.1, 0.15) is 84.5 Å². The van der Waals surface area contributed by atoms with Crippen LogP contribution in [-0.2, 0) is 9.53 Å². The SMILES string of the molecule is CCCCCCCCCCCCOC(=O)CC. The molecule has 0 amide bonds. The first-order chi connectivity index (χ1) is 8.31. The maximum atomic E-state index is 10.8. The van der Waals surface area contributed by atoms with Crippen molar-refractivity contribution in [1.82, 2.24) is 0 Å². The highest BCUT2D eigenvalue weighted by atomic mass is 16.5. The van der Waals surface area contributed by atoms with Crippen molar-refractivity contribution in [2.75, 3.05) is 6.61 Å². The fourth-order valence-electron chi connectivity index (χ4n) is 1.88. The van der Waals surface area contributed by atoms with Gasteiger partial charge in [0.1, 0.15) is 0 Å². The topological polar surface area (TPSA) is 26.3 Å². The molecule has 0 aromatic heterocycles. The lowest BCUT2D eigenvalue weighted by Gasteiger charge is -2.03. The molecule has 0 aromatic rings. The van der Waals surface area contributed by atoms with E-state index in [1.54, 1.807) is 0 Å². The monoisotopic (exact) mass is 242 g/mol. The van der Waals surface area contributed by atoms with Crippen LogP contribution in [0.25, 0.3) is 0 Å². The summed E-state index contributed by atoms with van der Waals surface area (Å²) in [5, 5.41) is 0. The largest absolute Gasteiger partial charge is 0.466 e. The maximum absolute atomic E-state index is 10.8. The normalized spacial score (nSPS) is 10.5. The van der Waals surface area contributed by atoms with Crippen molar-refractivity contribution in [3.05, 3.63) is 0 Å². The van der Waals surface area contributed by atoms with Crippen molar-refractivity contribution in [2.24, 2.45) is 0 Å². The van der Waals surface area contributed by atoms with E-state index in [1.807, 2.05) is 6.92 Å². The van der Waals surface area contributed by atoms with E-state index in [1.165, 1.54) is 57.8 Å². The summed E-state index contributed by atoms with van der Waals surface area (Å²) in [4.78, 5) is 10.8. The van der Waals surface area contributed by atoms with Crippen LogP contribution in [0.3, 0.4) is 0 Å². The predicted octanol–water partition coefficient (Wildman–Crippen LogP) is 4.86. The number of unbranched alkanes of at least 4 members (excludes halogenated alkanes) is 9. The van der Waals surface area contributed by atoms with Gasteiger partial charge in [0.05, 0.1) is 6.61 Å². The van der Waals surface area contributed by atoms with E-state index in [4.69, 9.17) is 4.74 Å². The number of carbonyl (C=O) groups is 1. The smallest absolute Gasteiger partial charge is 0.305 e. The lowest BCUT2D eigenvalue weighted by molar-refractivity contribution is -0.143. The molecular weight excluding hydrogens is 212 g/mol. The van der Waals surface area contributed by atoms with Crippen molar-refractivity contribution in [2.45, 2.75) is 84.5 Å². The van der Waals surface area contributed by atoms with Crippen LogP contribution in [-0.4, -0.2) is 12.6 Å². The van der Waals surface area contributed by atoms with Crippen molar-refractivity contribution < 1.29 is 9.53 Å². The van der Waals surface area contributed by atoms with E-state index in [0.29, 0.717) is 13.0 Å². The first-order valence-corrected chi connectivity index (χ1v) is 7.46. The van der Waals surface area contributed by atoms with Gasteiger partial charge in [-0.2, -0.15) is 0 Å². The Labute approximate surface area is 107 Å². The molecule has 0 aromatic carbocycles. The van der Waals surface area contributed by atoms with Crippen LogP contribution in [0.4, 0.5) is 0 Å². The molecule has 17 heavy (non-hydrogen) atoms. The Bertz CT molecular complexity index is 166. The van der Waals surface area contributed by atoms with Crippen LogP contribution in [0, 0.1) is 0 Å². The number of hydrogen-bond acceptors (Lipinski definition) is 2. The van der Waals surface area contributed by atoms with Gasteiger partial charge in [-0.15, -0.1) is 0 Å². The molecule has 0 spiro atoms. The molecule has 0 atom stereocenters. The minimum atomic E-state index is -0.0686. The minimum absolute atomic E-state index is 0.0686. The van der Waals surface area contributed by atoms with Gasteiger partial charge in [0.2, 0.25) is 0 Å². The molecule has 0 N–H and O–H groups in total. The molecule has 2 heteroatoms. The number of ether oxygens (including phenoxy) is 1. The number of hydrogen-bond donors (Lipinski definition) is 0. The average Bonchev–Trinajstić information content (AvgIpc) is 2.35. The zero-order valence-electron chi connectivity index (χ0n) is 11.8. The summed E-state index contributed by atoms with van der Waals surface area (Å²) >= 11 is 0. The van der Waals surface area contributed by atoms with Gasteiger partial charge in [-0.1, -0.05) is 71.6 Å². The van der Waals surface area contributed by atoms with E-state index in [2.05, 4.69) is 6.92 Å². The van der Waals surface area contributed by atoms with Crippen LogP contribution in [0.15, 0.2) is 0 Å². The zero-order chi connectivity index (χ0) is 12.8. The Morgan fingerprint density at radius 1 is 0.765 bits per heavy atom. The van der Waals surface area contributed by atoms with Gasteiger partial charge in [0, 0.05) is 6.42 Å². The van der Waals surface area contributed by atoms with Gasteiger partial charge in [-0.3, -0.25) is 4.79 Å². The Hall–Kier alpha value is -0.530. The molecule has 2 nitrogen and oxygen atoms in total. The third kappa shape index (κ3) is 13.4. The zero-order valence-corrected chi connectivity index (χ0v) is 11.8. The lowest BCUT2D eigenvalue weighted by Crippen LogP contribution is -2.03. The molecular formula is C15H30O2. The summed E-state index contributed by atoms with van der Waals surface area (Å²) in [6, 6.07) is 0. The third-order valence-electron chi connectivity index (χ3n) is 3.05. The van der Waals surface area contributed by atoms with Crippen LogP contribution >= 0.6 is 0 Å². The van der Waals surface area contributed by atoms with Crippen molar-refractivity contribution in [1.29, 1.82) is 0 Å². The summed E-state index contributed by atoms with van der Waals surface area (Å²) in [6.45, 7) is 4.70. The molecule has 0 fully saturated rings. The highest BCUT2D eigenvalue weighted by Crippen LogP contribution is 2.10. The second-order valence-electron chi connectivity index (χ2n) is 4.76. The molecule has 0 unspecified atom stereocenters. The van der Waals surface area contributed by atoms with E-state index >= 15 is 0 Å². The predicted molar refractivity (Wildman–Crippen MR) is 73.1 cm³/mol. The number of esters is 1. The Balaban J connectivity index is 2.96. The first-order valence-electron chi connectivity index (χ1n) is 7.46. The molecule has 0 radical (unpaired) electrons. The van der Waals surface area contributed by atoms with E-state index in [-0.39, 0.29) is 5.97 Å². The first kappa shape index (κ1) is 16.5. The molecule has 0 bridgehead atoms. The maximum Gasteiger partial charge on any atom is 0.305 e. The molecule has 0 aliphatic heterocycles. The van der Waals surface area contributed by atoms with Crippen LogP contribution < -0.4 is 0 Å². The minimum Gasteiger partial charge on any atom is -0.466 e. The van der Waals surface area contributed by atoms with Crippen LogP contribution in [0.5, 0.6) is 0 Å². The highest BCUT2D eigenvalue weighted by Gasteiger charge is 1.97. The quantitative estimate of drug-likeness (QED) is 0.361. The molecule has 0 aliphatic carbocycles. The molecule has 0 aliphatic rings. The molecule has 0 rings (SSSR count). The van der Waals surface area contributed by atoms with E-state index in [9.17, 15) is 4.79 Å². The van der Waals surface area contributed by atoms with E-state index < -0.39 is 0 Å². The fourth-order valence-corrected chi connectivity index (χ4v) is 1.88. The summed E-state index contributed by atoms with van der Waals surface area (Å²) in [5.41, 5.74) is 0. The van der Waals surface area contributed by atoms with Crippen LogP contribution in [0.2, 0.25) is 0 Å². The fraction of sp³-hybridized carbons (Fsp3) is 0.933. The highest BCUT2D eigenvalue weighted by molar-refractivity contribution is 5.68. The van der Waals surface area contributed by atoms with E-state index in [0.717, 1.165) is 6.42 Å². The Kier molecular flexibility index (Phi) is 13.1.